The van der Waals surface area contributed by atoms with Crippen molar-refractivity contribution >= 4 is 5.91 Å². The van der Waals surface area contributed by atoms with Gasteiger partial charge in [0.2, 0.25) is 0 Å². The lowest BCUT2D eigenvalue weighted by molar-refractivity contribution is 0.0919. The molecule has 2 rings (SSSR count). The maximum Gasteiger partial charge on any atom is 0.251 e. The molecule has 1 heterocycles. The minimum atomic E-state index is -0.278. The lowest BCUT2D eigenvalue weighted by atomic mass is 9.99. The van der Waals surface area contributed by atoms with Crippen molar-refractivity contribution in [2.75, 3.05) is 6.54 Å². The van der Waals surface area contributed by atoms with E-state index in [0.29, 0.717) is 11.1 Å². The van der Waals surface area contributed by atoms with E-state index >= 15 is 0 Å². The number of piperidine rings is 1. The van der Waals surface area contributed by atoms with Gasteiger partial charge in [-0.1, -0.05) is 0 Å². The topological polar surface area (TPSA) is 41.1 Å². The maximum atomic E-state index is 13.1. The second-order valence-electron chi connectivity index (χ2n) is 4.93. The summed E-state index contributed by atoms with van der Waals surface area (Å²) in [6.45, 7) is 4.74. The number of halogens is 1. The Kier molecular flexibility index (Phi) is 3.97. The van der Waals surface area contributed by atoms with Crippen molar-refractivity contribution < 1.29 is 9.18 Å². The first-order chi connectivity index (χ1) is 8.58. The number of rotatable bonds is 2. The van der Waals surface area contributed by atoms with E-state index in [2.05, 4.69) is 17.6 Å². The third kappa shape index (κ3) is 2.88. The zero-order chi connectivity index (χ0) is 13.1. The fourth-order valence-corrected chi connectivity index (χ4v) is 2.28. The molecule has 0 bridgehead atoms. The highest BCUT2D eigenvalue weighted by atomic mass is 19.1. The normalized spacial score (nSPS) is 23.7. The minimum Gasteiger partial charge on any atom is -0.348 e. The van der Waals surface area contributed by atoms with Crippen LogP contribution in [-0.2, 0) is 0 Å². The van der Waals surface area contributed by atoms with Crippen LogP contribution in [0.2, 0.25) is 0 Å². The number of nitrogens with one attached hydrogen (secondary N) is 2. The Balaban J connectivity index is 2.04. The second-order valence-corrected chi connectivity index (χ2v) is 4.93. The van der Waals surface area contributed by atoms with Crippen molar-refractivity contribution in [1.82, 2.24) is 10.6 Å². The van der Waals surface area contributed by atoms with Crippen LogP contribution in [0.3, 0.4) is 0 Å². The quantitative estimate of drug-likeness (QED) is 0.843. The highest BCUT2D eigenvalue weighted by molar-refractivity contribution is 5.94. The van der Waals surface area contributed by atoms with Crippen molar-refractivity contribution in [3.05, 3.63) is 35.1 Å². The summed E-state index contributed by atoms with van der Waals surface area (Å²) < 4.78 is 13.1. The molecule has 2 N–H and O–H groups in total. The first kappa shape index (κ1) is 13.0. The summed E-state index contributed by atoms with van der Waals surface area (Å²) in [5.74, 6) is -0.405. The van der Waals surface area contributed by atoms with Gasteiger partial charge < -0.3 is 10.6 Å². The molecule has 1 aromatic rings. The van der Waals surface area contributed by atoms with Gasteiger partial charge in [0, 0.05) is 17.6 Å². The van der Waals surface area contributed by atoms with E-state index in [-0.39, 0.29) is 23.8 Å². The lowest BCUT2D eigenvalue weighted by Gasteiger charge is -2.30. The van der Waals surface area contributed by atoms with Gasteiger partial charge in [0.15, 0.2) is 0 Å². The minimum absolute atomic E-state index is 0.126. The Morgan fingerprint density at radius 1 is 1.50 bits per heavy atom. The predicted molar refractivity (Wildman–Crippen MR) is 69.1 cm³/mol. The van der Waals surface area contributed by atoms with E-state index in [1.165, 1.54) is 12.1 Å². The number of hydrogen-bond acceptors (Lipinski definition) is 2. The van der Waals surface area contributed by atoms with E-state index in [1.54, 1.807) is 13.0 Å². The summed E-state index contributed by atoms with van der Waals surface area (Å²) >= 11 is 0. The lowest BCUT2D eigenvalue weighted by Crippen LogP contribution is -2.51. The van der Waals surface area contributed by atoms with Crippen LogP contribution in [0.1, 0.15) is 35.7 Å². The molecule has 0 aliphatic carbocycles. The van der Waals surface area contributed by atoms with Crippen LogP contribution in [0.5, 0.6) is 0 Å². The molecular weight excluding hydrogens is 231 g/mol. The molecule has 0 spiro atoms. The average Bonchev–Trinajstić information content (AvgIpc) is 2.35. The molecule has 18 heavy (non-hydrogen) atoms. The fraction of sp³-hybridized carbons (Fsp3) is 0.500. The van der Waals surface area contributed by atoms with Gasteiger partial charge in [-0.25, -0.2) is 4.39 Å². The molecule has 0 unspecified atom stereocenters. The predicted octanol–water partition coefficient (Wildman–Crippen LogP) is 2.00. The highest BCUT2D eigenvalue weighted by Crippen LogP contribution is 2.12. The van der Waals surface area contributed by atoms with E-state index < -0.39 is 0 Å². The van der Waals surface area contributed by atoms with Crippen molar-refractivity contribution in [1.29, 1.82) is 0 Å². The molecule has 0 aromatic heterocycles. The standard InChI is InChI=1S/C14H19FN2O/c1-9-8-11(5-6-12(9)15)14(18)17-13-4-3-7-16-10(13)2/h5-6,8,10,13,16H,3-4,7H2,1-2H3,(H,17,18)/t10-,13-/m0/s1. The van der Waals surface area contributed by atoms with Crippen LogP contribution in [0.15, 0.2) is 18.2 Å². The van der Waals surface area contributed by atoms with E-state index in [9.17, 15) is 9.18 Å². The van der Waals surface area contributed by atoms with Crippen LogP contribution in [-0.4, -0.2) is 24.5 Å². The number of benzene rings is 1. The zero-order valence-corrected chi connectivity index (χ0v) is 10.8. The van der Waals surface area contributed by atoms with Crippen LogP contribution >= 0.6 is 0 Å². The number of amides is 1. The van der Waals surface area contributed by atoms with Gasteiger partial charge in [-0.3, -0.25) is 4.79 Å². The van der Waals surface area contributed by atoms with Gasteiger partial charge in [-0.15, -0.1) is 0 Å². The van der Waals surface area contributed by atoms with E-state index in [4.69, 9.17) is 0 Å². The smallest absolute Gasteiger partial charge is 0.251 e. The molecule has 0 saturated carbocycles. The number of aryl methyl sites for hydroxylation is 1. The van der Waals surface area contributed by atoms with Gasteiger partial charge >= 0.3 is 0 Å². The molecule has 1 aliphatic rings. The SMILES string of the molecule is Cc1cc(C(=O)N[C@H]2CCCN[C@H]2C)ccc1F. The zero-order valence-electron chi connectivity index (χ0n) is 10.8. The Hall–Kier alpha value is -1.42. The summed E-state index contributed by atoms with van der Waals surface area (Å²) in [6.07, 6.45) is 2.05. The van der Waals surface area contributed by atoms with Crippen molar-refractivity contribution in [2.24, 2.45) is 0 Å². The summed E-state index contributed by atoms with van der Waals surface area (Å²) in [5, 5.41) is 6.34. The Morgan fingerprint density at radius 3 is 2.94 bits per heavy atom. The first-order valence-electron chi connectivity index (χ1n) is 6.38. The molecule has 1 saturated heterocycles. The molecular formula is C14H19FN2O. The molecule has 4 heteroatoms. The van der Waals surface area contributed by atoms with Gasteiger partial charge in [0.25, 0.3) is 5.91 Å². The first-order valence-corrected chi connectivity index (χ1v) is 6.38. The van der Waals surface area contributed by atoms with Crippen molar-refractivity contribution in [3.63, 3.8) is 0 Å². The largest absolute Gasteiger partial charge is 0.348 e. The summed E-state index contributed by atoms with van der Waals surface area (Å²) in [5.41, 5.74) is 1.02. The number of hydrogen-bond donors (Lipinski definition) is 2. The van der Waals surface area contributed by atoms with Crippen molar-refractivity contribution in [3.8, 4) is 0 Å². The van der Waals surface area contributed by atoms with Gasteiger partial charge in [0.05, 0.1) is 0 Å². The van der Waals surface area contributed by atoms with Crippen LogP contribution in [0.25, 0.3) is 0 Å². The monoisotopic (exact) mass is 250 g/mol. The average molecular weight is 250 g/mol. The highest BCUT2D eigenvalue weighted by Gasteiger charge is 2.22. The molecule has 2 atom stereocenters. The van der Waals surface area contributed by atoms with E-state index in [0.717, 1.165) is 19.4 Å². The molecule has 1 amide bonds. The van der Waals surface area contributed by atoms with Gasteiger partial charge in [-0.05, 0) is 57.0 Å². The molecule has 1 fully saturated rings. The Bertz CT molecular complexity index is 447. The summed E-state index contributed by atoms with van der Waals surface area (Å²) in [7, 11) is 0. The van der Waals surface area contributed by atoms with Gasteiger partial charge in [-0.2, -0.15) is 0 Å². The third-order valence-electron chi connectivity index (χ3n) is 3.50. The molecule has 1 aromatic carbocycles. The molecule has 1 aliphatic heterocycles. The molecule has 98 valence electrons. The number of carbonyl (C=O) groups is 1. The third-order valence-corrected chi connectivity index (χ3v) is 3.50. The van der Waals surface area contributed by atoms with Crippen LogP contribution in [0, 0.1) is 12.7 Å². The molecule has 3 nitrogen and oxygen atoms in total. The van der Waals surface area contributed by atoms with Gasteiger partial charge in [0.1, 0.15) is 5.82 Å². The maximum absolute atomic E-state index is 13.1. The van der Waals surface area contributed by atoms with Crippen molar-refractivity contribution in [2.45, 2.75) is 38.8 Å². The van der Waals surface area contributed by atoms with Crippen LogP contribution < -0.4 is 10.6 Å². The fourth-order valence-electron chi connectivity index (χ4n) is 2.28. The summed E-state index contributed by atoms with van der Waals surface area (Å²) in [4.78, 5) is 12.1. The Labute approximate surface area is 107 Å². The molecule has 0 radical (unpaired) electrons. The summed E-state index contributed by atoms with van der Waals surface area (Å²) in [6, 6.07) is 4.89. The Morgan fingerprint density at radius 2 is 2.28 bits per heavy atom. The number of carbonyl (C=O) groups excluding carboxylic acids is 1. The van der Waals surface area contributed by atoms with E-state index in [1.807, 2.05) is 0 Å². The second kappa shape index (κ2) is 5.48. The van der Waals surface area contributed by atoms with Crippen LogP contribution in [0.4, 0.5) is 4.39 Å².